The smallest absolute Gasteiger partial charge is 0.410 e. The SMILES string of the molecule is CC(C)(C)OC(=O)N1CCCC1CCc1ccnc(-c2cccc(C(=O)O)c2)c1. The minimum absolute atomic E-state index is 0.178. The Morgan fingerprint density at radius 2 is 2.03 bits per heavy atom. The minimum atomic E-state index is -0.952. The number of carboxylic acids is 1. The fourth-order valence-corrected chi connectivity index (χ4v) is 3.63. The van der Waals surface area contributed by atoms with Crippen LogP contribution in [0.25, 0.3) is 11.3 Å². The topological polar surface area (TPSA) is 79.7 Å². The first kappa shape index (κ1) is 20.8. The highest BCUT2D eigenvalue weighted by Gasteiger charge is 2.31. The molecule has 154 valence electrons. The molecular weight excluding hydrogens is 368 g/mol. The zero-order valence-corrected chi connectivity index (χ0v) is 17.2. The molecule has 1 N–H and O–H groups in total. The van der Waals surface area contributed by atoms with Crippen LogP contribution in [0.3, 0.4) is 0 Å². The average Bonchev–Trinajstić information content (AvgIpc) is 3.14. The second-order valence-corrected chi connectivity index (χ2v) is 8.44. The van der Waals surface area contributed by atoms with E-state index in [1.165, 1.54) is 0 Å². The number of aromatic nitrogens is 1. The maximum Gasteiger partial charge on any atom is 0.410 e. The molecule has 0 spiro atoms. The summed E-state index contributed by atoms with van der Waals surface area (Å²) in [4.78, 5) is 29.9. The quantitative estimate of drug-likeness (QED) is 0.787. The Bertz CT molecular complexity index is 888. The van der Waals surface area contributed by atoms with Crippen molar-refractivity contribution in [3.05, 3.63) is 53.7 Å². The van der Waals surface area contributed by atoms with Gasteiger partial charge in [0.05, 0.1) is 11.3 Å². The van der Waals surface area contributed by atoms with Crippen LogP contribution < -0.4 is 0 Å². The van der Waals surface area contributed by atoms with Crippen molar-refractivity contribution >= 4 is 12.1 Å². The molecule has 1 fully saturated rings. The van der Waals surface area contributed by atoms with Gasteiger partial charge in [-0.25, -0.2) is 9.59 Å². The van der Waals surface area contributed by atoms with E-state index in [9.17, 15) is 14.7 Å². The number of nitrogens with zero attached hydrogens (tertiary/aromatic N) is 2. The van der Waals surface area contributed by atoms with Crippen molar-refractivity contribution in [1.29, 1.82) is 0 Å². The number of ether oxygens (including phenoxy) is 1. The lowest BCUT2D eigenvalue weighted by molar-refractivity contribution is 0.0220. The van der Waals surface area contributed by atoms with Crippen molar-refractivity contribution in [1.82, 2.24) is 9.88 Å². The second-order valence-electron chi connectivity index (χ2n) is 8.44. The summed E-state index contributed by atoms with van der Waals surface area (Å²) < 4.78 is 5.54. The molecule has 1 amide bonds. The van der Waals surface area contributed by atoms with Crippen LogP contribution in [0.15, 0.2) is 42.6 Å². The van der Waals surface area contributed by atoms with Crippen LogP contribution in [0.5, 0.6) is 0 Å². The third-order valence-electron chi connectivity index (χ3n) is 5.00. The Labute approximate surface area is 171 Å². The third-order valence-corrected chi connectivity index (χ3v) is 5.00. The number of aromatic carboxylic acids is 1. The molecule has 0 bridgehead atoms. The van der Waals surface area contributed by atoms with E-state index in [0.717, 1.165) is 49.0 Å². The van der Waals surface area contributed by atoms with Gasteiger partial charge in [0.15, 0.2) is 0 Å². The van der Waals surface area contributed by atoms with Crippen LogP contribution in [0.4, 0.5) is 4.79 Å². The number of amides is 1. The van der Waals surface area contributed by atoms with Crippen molar-refractivity contribution < 1.29 is 19.4 Å². The summed E-state index contributed by atoms with van der Waals surface area (Å²) in [6.07, 6.45) is 5.17. The Kier molecular flexibility index (Phi) is 6.20. The van der Waals surface area contributed by atoms with Crippen LogP contribution >= 0.6 is 0 Å². The van der Waals surface area contributed by atoms with Gasteiger partial charge in [0.1, 0.15) is 5.60 Å². The van der Waals surface area contributed by atoms with Gasteiger partial charge in [-0.2, -0.15) is 0 Å². The van der Waals surface area contributed by atoms with Gasteiger partial charge >= 0.3 is 12.1 Å². The standard InChI is InChI=1S/C23H28N2O4/c1-23(2,3)29-22(28)25-13-5-8-19(25)10-9-16-11-12-24-20(14-16)17-6-4-7-18(15-17)21(26)27/h4,6-7,11-12,14-15,19H,5,8-10,13H2,1-3H3,(H,26,27). The lowest BCUT2D eigenvalue weighted by Crippen LogP contribution is -2.40. The van der Waals surface area contributed by atoms with Crippen molar-refractivity contribution in [2.45, 2.75) is 58.1 Å². The van der Waals surface area contributed by atoms with Gasteiger partial charge in [-0.3, -0.25) is 4.98 Å². The first-order valence-electron chi connectivity index (χ1n) is 10.0. The summed E-state index contributed by atoms with van der Waals surface area (Å²) in [5.74, 6) is -0.952. The highest BCUT2D eigenvalue weighted by Crippen LogP contribution is 2.25. The normalized spacial score (nSPS) is 16.7. The maximum absolute atomic E-state index is 12.5. The van der Waals surface area contributed by atoms with Crippen molar-refractivity contribution in [3.8, 4) is 11.3 Å². The summed E-state index contributed by atoms with van der Waals surface area (Å²) in [7, 11) is 0. The summed E-state index contributed by atoms with van der Waals surface area (Å²) in [6, 6.07) is 10.9. The predicted molar refractivity (Wildman–Crippen MR) is 111 cm³/mol. The lowest BCUT2D eigenvalue weighted by Gasteiger charge is -2.28. The second kappa shape index (κ2) is 8.64. The molecule has 0 saturated carbocycles. The summed E-state index contributed by atoms with van der Waals surface area (Å²) >= 11 is 0. The third kappa shape index (κ3) is 5.56. The molecule has 1 aliphatic heterocycles. The number of benzene rings is 1. The van der Waals surface area contributed by atoms with Crippen LogP contribution in [0.1, 0.15) is 56.0 Å². The fourth-order valence-electron chi connectivity index (χ4n) is 3.63. The van der Waals surface area contributed by atoms with E-state index in [-0.39, 0.29) is 17.7 Å². The molecule has 6 heteroatoms. The molecule has 1 unspecified atom stereocenters. The molecule has 6 nitrogen and oxygen atoms in total. The van der Waals surface area contributed by atoms with Crippen LogP contribution in [0, 0.1) is 0 Å². The van der Waals surface area contributed by atoms with E-state index in [0.29, 0.717) is 0 Å². The molecule has 1 saturated heterocycles. The Morgan fingerprint density at radius 3 is 2.76 bits per heavy atom. The van der Waals surface area contributed by atoms with Gasteiger partial charge in [0.25, 0.3) is 0 Å². The maximum atomic E-state index is 12.5. The number of carbonyl (C=O) groups excluding carboxylic acids is 1. The number of aryl methyl sites for hydroxylation is 1. The number of hydrogen-bond donors (Lipinski definition) is 1. The lowest BCUT2D eigenvalue weighted by atomic mass is 10.0. The van der Waals surface area contributed by atoms with E-state index in [1.54, 1.807) is 24.4 Å². The number of carboxylic acid groups (broad SMARTS) is 1. The van der Waals surface area contributed by atoms with Crippen LogP contribution in [0.2, 0.25) is 0 Å². The summed E-state index contributed by atoms with van der Waals surface area (Å²) in [6.45, 7) is 6.39. The van der Waals surface area contributed by atoms with E-state index in [1.807, 2.05) is 43.9 Å². The molecule has 1 atom stereocenters. The van der Waals surface area contributed by atoms with E-state index in [4.69, 9.17) is 4.74 Å². The summed E-state index contributed by atoms with van der Waals surface area (Å²) in [5, 5.41) is 9.19. The highest BCUT2D eigenvalue weighted by molar-refractivity contribution is 5.89. The Hall–Kier alpha value is -2.89. The van der Waals surface area contributed by atoms with E-state index < -0.39 is 11.6 Å². The average molecular weight is 396 g/mol. The number of rotatable bonds is 5. The van der Waals surface area contributed by atoms with Gasteiger partial charge in [0.2, 0.25) is 0 Å². The summed E-state index contributed by atoms with van der Waals surface area (Å²) in [5.41, 5.74) is 2.40. The van der Waals surface area contributed by atoms with Crippen molar-refractivity contribution in [2.75, 3.05) is 6.54 Å². The molecule has 1 aliphatic rings. The first-order valence-corrected chi connectivity index (χ1v) is 10.0. The zero-order valence-electron chi connectivity index (χ0n) is 17.2. The van der Waals surface area contributed by atoms with Crippen LogP contribution in [-0.4, -0.2) is 45.2 Å². The number of carbonyl (C=O) groups is 2. The molecule has 0 radical (unpaired) electrons. The molecule has 2 heterocycles. The number of pyridine rings is 1. The molecule has 0 aliphatic carbocycles. The number of likely N-dealkylation sites (tertiary alicyclic amines) is 1. The highest BCUT2D eigenvalue weighted by atomic mass is 16.6. The van der Waals surface area contributed by atoms with E-state index >= 15 is 0 Å². The zero-order chi connectivity index (χ0) is 21.0. The van der Waals surface area contributed by atoms with Crippen molar-refractivity contribution in [2.24, 2.45) is 0 Å². The van der Waals surface area contributed by atoms with Gasteiger partial charge < -0.3 is 14.7 Å². The minimum Gasteiger partial charge on any atom is -0.478 e. The monoisotopic (exact) mass is 396 g/mol. The fraction of sp³-hybridized carbons (Fsp3) is 0.435. The van der Waals surface area contributed by atoms with E-state index in [2.05, 4.69) is 4.98 Å². The van der Waals surface area contributed by atoms with Gasteiger partial charge in [0, 0.05) is 24.3 Å². The van der Waals surface area contributed by atoms with Gasteiger partial charge in [-0.1, -0.05) is 12.1 Å². The predicted octanol–water partition coefficient (Wildman–Crippen LogP) is 4.78. The van der Waals surface area contributed by atoms with Crippen LogP contribution in [-0.2, 0) is 11.2 Å². The molecule has 2 aromatic rings. The molecule has 29 heavy (non-hydrogen) atoms. The molecule has 1 aromatic carbocycles. The number of hydrogen-bond acceptors (Lipinski definition) is 4. The van der Waals surface area contributed by atoms with Gasteiger partial charge in [-0.15, -0.1) is 0 Å². The Morgan fingerprint density at radius 1 is 1.24 bits per heavy atom. The first-order chi connectivity index (χ1) is 13.7. The largest absolute Gasteiger partial charge is 0.478 e. The van der Waals surface area contributed by atoms with Gasteiger partial charge in [-0.05, 0) is 76.3 Å². The van der Waals surface area contributed by atoms with Crippen molar-refractivity contribution in [3.63, 3.8) is 0 Å². The Balaban J connectivity index is 1.67. The molecule has 1 aromatic heterocycles. The molecule has 3 rings (SSSR count). The molecular formula is C23H28N2O4.